The molecule has 0 spiro atoms. The van der Waals surface area contributed by atoms with Crippen LogP contribution in [0.5, 0.6) is 5.75 Å². The number of piperidine rings is 1. The third kappa shape index (κ3) is 5.87. The lowest BCUT2D eigenvalue weighted by Crippen LogP contribution is -2.50. The van der Waals surface area contributed by atoms with Crippen LogP contribution in [0.4, 0.5) is 5.13 Å². The van der Waals surface area contributed by atoms with Crippen molar-refractivity contribution in [1.29, 1.82) is 0 Å². The summed E-state index contributed by atoms with van der Waals surface area (Å²) >= 11 is 7.65. The minimum absolute atomic E-state index is 0.0189. The summed E-state index contributed by atoms with van der Waals surface area (Å²) in [5, 5.41) is 2.30. The number of sulfonamides is 1. The summed E-state index contributed by atoms with van der Waals surface area (Å²) in [6.45, 7) is 5.37. The normalized spacial score (nSPS) is 21.6. The summed E-state index contributed by atoms with van der Waals surface area (Å²) in [4.78, 5) is 6.59. The van der Waals surface area contributed by atoms with Crippen molar-refractivity contribution in [3.8, 4) is 5.75 Å². The number of ether oxygens (including phenoxy) is 1. The summed E-state index contributed by atoms with van der Waals surface area (Å²) < 4.78 is 34.0. The lowest BCUT2D eigenvalue weighted by atomic mass is 9.91. The van der Waals surface area contributed by atoms with Crippen LogP contribution in [0.25, 0.3) is 0 Å². The van der Waals surface area contributed by atoms with Crippen molar-refractivity contribution in [3.63, 3.8) is 0 Å². The SMILES string of the molecule is CC[C@@H]1C[C@H](Oc2ccc(S(=O)(=O)Nc3nccs3)cc2Cl)C[C@H](C)N1Cc1ccccc1. The van der Waals surface area contributed by atoms with Crippen LogP contribution in [0.3, 0.4) is 0 Å². The Hall–Kier alpha value is -2.13. The van der Waals surface area contributed by atoms with Crippen molar-refractivity contribution >= 4 is 38.1 Å². The van der Waals surface area contributed by atoms with Crippen molar-refractivity contribution in [2.75, 3.05) is 4.72 Å². The zero-order valence-electron chi connectivity index (χ0n) is 18.6. The fourth-order valence-electron chi connectivity index (χ4n) is 4.36. The van der Waals surface area contributed by atoms with Crippen LogP contribution in [-0.2, 0) is 16.6 Å². The number of hydrogen-bond donors (Lipinski definition) is 1. The van der Waals surface area contributed by atoms with Crippen molar-refractivity contribution in [2.24, 2.45) is 0 Å². The summed E-state index contributed by atoms with van der Waals surface area (Å²) in [5.74, 6) is 0.508. The summed E-state index contributed by atoms with van der Waals surface area (Å²) in [6, 6.07) is 15.9. The first kappa shape index (κ1) is 24.0. The number of thiazole rings is 1. The number of hydrogen-bond acceptors (Lipinski definition) is 6. The van der Waals surface area contributed by atoms with Crippen LogP contribution in [0.2, 0.25) is 5.02 Å². The van der Waals surface area contributed by atoms with E-state index < -0.39 is 10.0 Å². The molecule has 0 bridgehead atoms. The Balaban J connectivity index is 1.43. The molecule has 1 saturated heterocycles. The van der Waals surface area contributed by atoms with Gasteiger partial charge in [-0.2, -0.15) is 0 Å². The molecule has 0 aliphatic carbocycles. The summed E-state index contributed by atoms with van der Waals surface area (Å²) in [7, 11) is -3.76. The minimum atomic E-state index is -3.76. The number of rotatable bonds is 8. The van der Waals surface area contributed by atoms with Gasteiger partial charge in [0.05, 0.1) is 9.92 Å². The quantitative estimate of drug-likeness (QED) is 0.418. The molecule has 1 aliphatic rings. The van der Waals surface area contributed by atoms with E-state index in [9.17, 15) is 8.42 Å². The molecule has 3 aromatic rings. The molecule has 2 heterocycles. The van der Waals surface area contributed by atoms with Crippen molar-refractivity contribution in [2.45, 2.75) is 62.7 Å². The second-order valence-corrected chi connectivity index (χ2v) is 11.3. The lowest BCUT2D eigenvalue weighted by molar-refractivity contribution is 0.0118. The summed E-state index contributed by atoms with van der Waals surface area (Å²) in [5.41, 5.74) is 1.31. The number of benzene rings is 2. The van der Waals surface area contributed by atoms with Gasteiger partial charge < -0.3 is 4.74 Å². The molecule has 176 valence electrons. The molecule has 3 atom stereocenters. The molecule has 33 heavy (non-hydrogen) atoms. The van der Waals surface area contributed by atoms with Gasteiger partial charge in [0.1, 0.15) is 11.9 Å². The maximum Gasteiger partial charge on any atom is 0.263 e. The number of halogens is 1. The number of likely N-dealkylation sites (tertiary alicyclic amines) is 1. The number of nitrogens with zero attached hydrogens (tertiary/aromatic N) is 2. The number of nitrogens with one attached hydrogen (secondary N) is 1. The molecule has 1 N–H and O–H groups in total. The van der Waals surface area contributed by atoms with Gasteiger partial charge in [-0.05, 0) is 49.9 Å². The van der Waals surface area contributed by atoms with Gasteiger partial charge in [-0.25, -0.2) is 13.4 Å². The third-order valence-corrected chi connectivity index (χ3v) is 8.46. The molecule has 0 unspecified atom stereocenters. The smallest absolute Gasteiger partial charge is 0.263 e. The van der Waals surface area contributed by atoms with E-state index in [0.29, 0.717) is 23.0 Å². The van der Waals surface area contributed by atoms with Gasteiger partial charge in [-0.1, -0.05) is 48.9 Å². The van der Waals surface area contributed by atoms with Gasteiger partial charge in [0, 0.05) is 30.2 Å². The highest BCUT2D eigenvalue weighted by atomic mass is 35.5. The Kier molecular flexibility index (Phi) is 7.58. The summed E-state index contributed by atoms with van der Waals surface area (Å²) in [6.07, 6.45) is 4.37. The second kappa shape index (κ2) is 10.4. The molecule has 4 rings (SSSR count). The highest BCUT2D eigenvalue weighted by molar-refractivity contribution is 7.93. The van der Waals surface area contributed by atoms with E-state index in [1.165, 1.54) is 29.0 Å². The average molecular weight is 506 g/mol. The highest BCUT2D eigenvalue weighted by Crippen LogP contribution is 2.34. The zero-order valence-corrected chi connectivity index (χ0v) is 21.0. The highest BCUT2D eigenvalue weighted by Gasteiger charge is 2.33. The average Bonchev–Trinajstić information content (AvgIpc) is 3.29. The predicted octanol–water partition coefficient (Wildman–Crippen LogP) is 5.81. The second-order valence-electron chi connectivity index (χ2n) is 8.32. The van der Waals surface area contributed by atoms with Gasteiger partial charge in [0.25, 0.3) is 10.0 Å². The molecular formula is C24H28ClN3O3S2. The van der Waals surface area contributed by atoms with Crippen LogP contribution in [0.1, 0.15) is 38.7 Å². The zero-order chi connectivity index (χ0) is 23.4. The van der Waals surface area contributed by atoms with E-state index in [1.807, 2.05) is 6.07 Å². The van der Waals surface area contributed by atoms with Gasteiger partial charge >= 0.3 is 0 Å². The lowest BCUT2D eigenvalue weighted by Gasteiger charge is -2.44. The van der Waals surface area contributed by atoms with Crippen LogP contribution in [0.15, 0.2) is 65.0 Å². The van der Waals surface area contributed by atoms with Crippen LogP contribution in [-0.4, -0.2) is 36.5 Å². The first-order valence-corrected chi connectivity index (χ1v) is 13.8. The van der Waals surface area contributed by atoms with E-state index in [4.69, 9.17) is 16.3 Å². The topological polar surface area (TPSA) is 71.5 Å². The van der Waals surface area contributed by atoms with Gasteiger partial charge in [0.2, 0.25) is 0 Å². The van der Waals surface area contributed by atoms with Crippen molar-refractivity contribution in [3.05, 3.63) is 70.7 Å². The van der Waals surface area contributed by atoms with Gasteiger partial charge in [0.15, 0.2) is 5.13 Å². The monoisotopic (exact) mass is 505 g/mol. The van der Waals surface area contributed by atoms with Crippen LogP contribution in [0, 0.1) is 0 Å². The molecule has 1 aliphatic heterocycles. The molecule has 9 heteroatoms. The number of anilines is 1. The molecular weight excluding hydrogens is 478 g/mol. The Morgan fingerprint density at radius 1 is 1.21 bits per heavy atom. The standard InChI is InChI=1S/C24H28ClN3O3S2/c1-3-19-14-20(13-17(2)28(19)16-18-7-5-4-6-8-18)31-23-10-9-21(15-22(23)25)33(29,30)27-24-26-11-12-32-24/h4-12,15,17,19-20H,3,13-14,16H2,1-2H3,(H,26,27)/t17-,19+,20+/m0/s1. The molecule has 0 amide bonds. The molecule has 0 radical (unpaired) electrons. The van der Waals surface area contributed by atoms with Crippen molar-refractivity contribution < 1.29 is 13.2 Å². The van der Waals surface area contributed by atoms with E-state index in [2.05, 4.69) is 52.7 Å². The maximum absolute atomic E-state index is 12.6. The van der Waals surface area contributed by atoms with E-state index in [-0.39, 0.29) is 16.0 Å². The molecule has 0 saturated carbocycles. The predicted molar refractivity (Wildman–Crippen MR) is 134 cm³/mol. The molecule has 2 aromatic carbocycles. The maximum atomic E-state index is 12.6. The van der Waals surface area contributed by atoms with E-state index >= 15 is 0 Å². The first-order valence-electron chi connectivity index (χ1n) is 11.0. The third-order valence-electron chi connectivity index (χ3n) is 6.01. The Morgan fingerprint density at radius 3 is 2.67 bits per heavy atom. The Morgan fingerprint density at radius 2 is 2.00 bits per heavy atom. The van der Waals surface area contributed by atoms with E-state index in [0.717, 1.165) is 25.8 Å². The van der Waals surface area contributed by atoms with Gasteiger partial charge in [-0.3, -0.25) is 9.62 Å². The largest absolute Gasteiger partial charge is 0.489 e. The van der Waals surface area contributed by atoms with E-state index in [1.54, 1.807) is 17.6 Å². The van der Waals surface area contributed by atoms with Crippen LogP contribution >= 0.6 is 22.9 Å². The number of aromatic nitrogens is 1. The van der Waals surface area contributed by atoms with Crippen molar-refractivity contribution in [1.82, 2.24) is 9.88 Å². The first-order chi connectivity index (χ1) is 15.9. The van der Waals surface area contributed by atoms with Crippen LogP contribution < -0.4 is 9.46 Å². The van der Waals surface area contributed by atoms with Gasteiger partial charge in [-0.15, -0.1) is 11.3 Å². The Bertz CT molecular complexity index is 1160. The Labute approximate surface area is 204 Å². The molecule has 1 aromatic heterocycles. The minimum Gasteiger partial charge on any atom is -0.489 e. The fourth-order valence-corrected chi connectivity index (χ4v) is 6.46. The fraction of sp³-hybridized carbons (Fsp3) is 0.375. The molecule has 1 fully saturated rings. The molecule has 6 nitrogen and oxygen atoms in total.